The van der Waals surface area contributed by atoms with E-state index in [1.165, 1.54) is 6.21 Å². The molecule has 0 unspecified atom stereocenters. The minimum absolute atomic E-state index is 0.113. The van der Waals surface area contributed by atoms with Crippen LogP contribution in [0.25, 0.3) is 11.1 Å². The molecule has 1 heterocycles. The Balaban J connectivity index is 1.48. The van der Waals surface area contributed by atoms with Gasteiger partial charge in [0.2, 0.25) is 0 Å². The van der Waals surface area contributed by atoms with E-state index in [9.17, 15) is 4.79 Å². The number of benzene rings is 2. The molecule has 0 aliphatic heterocycles. The normalized spacial score (nSPS) is 10.8. The van der Waals surface area contributed by atoms with Gasteiger partial charge < -0.3 is 9.15 Å². The van der Waals surface area contributed by atoms with Gasteiger partial charge in [0, 0.05) is 0 Å². The van der Waals surface area contributed by atoms with Crippen LogP contribution in [0.5, 0.6) is 5.75 Å². The predicted molar refractivity (Wildman–Crippen MR) is 105 cm³/mol. The molecule has 0 fully saturated rings. The number of amides is 1. The first kappa shape index (κ1) is 17.2. The molecule has 0 bridgehead atoms. The number of hydrogen-bond acceptors (Lipinski definition) is 4. The number of halogens is 1. The number of nitrogens with one attached hydrogen (secondary N) is 1. The molecule has 0 radical (unpaired) electrons. The third-order valence-electron chi connectivity index (χ3n) is 3.31. The Kier molecular flexibility index (Phi) is 5.84. The molecule has 25 heavy (non-hydrogen) atoms. The number of rotatable bonds is 6. The van der Waals surface area contributed by atoms with Crippen molar-refractivity contribution in [1.82, 2.24) is 5.43 Å². The lowest BCUT2D eigenvalue weighted by molar-refractivity contribution is -0.123. The van der Waals surface area contributed by atoms with Crippen molar-refractivity contribution in [3.05, 3.63) is 76.3 Å². The lowest BCUT2D eigenvalue weighted by Crippen LogP contribution is -2.24. The number of furan rings is 1. The monoisotopic (exact) mass is 446 g/mol. The molecule has 0 atom stereocenters. The Morgan fingerprint density at radius 3 is 2.44 bits per heavy atom. The van der Waals surface area contributed by atoms with Crippen LogP contribution in [-0.4, -0.2) is 18.7 Å². The van der Waals surface area contributed by atoms with Crippen LogP contribution in [0.15, 0.2) is 76.2 Å². The number of carbonyl (C=O) groups is 1. The van der Waals surface area contributed by atoms with E-state index < -0.39 is 0 Å². The molecule has 1 amide bonds. The van der Waals surface area contributed by atoms with Crippen LogP contribution in [0.2, 0.25) is 0 Å². The molecule has 3 aromatic rings. The highest BCUT2D eigenvalue weighted by Crippen LogP contribution is 2.21. The summed E-state index contributed by atoms with van der Waals surface area (Å²) in [7, 11) is 0. The minimum atomic E-state index is -0.343. The van der Waals surface area contributed by atoms with E-state index in [1.54, 1.807) is 6.07 Å². The molecule has 3 rings (SSSR count). The largest absolute Gasteiger partial charge is 0.484 e. The molecule has 0 spiro atoms. The Morgan fingerprint density at radius 2 is 1.76 bits per heavy atom. The summed E-state index contributed by atoms with van der Waals surface area (Å²) >= 11 is 2.06. The fourth-order valence-corrected chi connectivity index (χ4v) is 2.55. The van der Waals surface area contributed by atoms with Crippen molar-refractivity contribution in [2.75, 3.05) is 6.61 Å². The summed E-state index contributed by atoms with van der Waals surface area (Å²) in [6, 6.07) is 21.2. The first-order valence-electron chi connectivity index (χ1n) is 7.56. The molecule has 2 aromatic carbocycles. The molecule has 1 aromatic heterocycles. The summed E-state index contributed by atoms with van der Waals surface area (Å²) in [6.07, 6.45) is 1.44. The summed E-state index contributed by atoms with van der Waals surface area (Å²) in [6.45, 7) is -0.113. The van der Waals surface area contributed by atoms with Gasteiger partial charge in [0.1, 0.15) is 11.5 Å². The van der Waals surface area contributed by atoms with Crippen LogP contribution in [0, 0.1) is 3.77 Å². The molecule has 1 N–H and O–H groups in total. The maximum atomic E-state index is 11.7. The van der Waals surface area contributed by atoms with Gasteiger partial charge in [-0.3, -0.25) is 4.79 Å². The second-order valence-electron chi connectivity index (χ2n) is 5.11. The predicted octanol–water partition coefficient (Wildman–Crippen LogP) is 4.08. The molecular formula is C19H15IN2O3. The Morgan fingerprint density at radius 1 is 1.04 bits per heavy atom. The Labute approximate surface area is 158 Å². The fourth-order valence-electron chi connectivity index (χ4n) is 2.12. The maximum Gasteiger partial charge on any atom is 0.277 e. The highest BCUT2D eigenvalue weighted by atomic mass is 127. The van der Waals surface area contributed by atoms with Gasteiger partial charge in [-0.15, -0.1) is 0 Å². The van der Waals surface area contributed by atoms with E-state index in [4.69, 9.17) is 9.15 Å². The molecule has 6 heteroatoms. The first-order chi connectivity index (χ1) is 12.2. The van der Waals surface area contributed by atoms with Crippen LogP contribution in [0.4, 0.5) is 0 Å². The number of ether oxygens (including phenoxy) is 1. The van der Waals surface area contributed by atoms with E-state index in [0.29, 0.717) is 11.5 Å². The number of hydrogen-bond donors (Lipinski definition) is 1. The van der Waals surface area contributed by atoms with Crippen molar-refractivity contribution in [3.8, 4) is 16.9 Å². The number of hydrazone groups is 1. The van der Waals surface area contributed by atoms with Crippen LogP contribution >= 0.6 is 22.6 Å². The van der Waals surface area contributed by atoms with Crippen molar-refractivity contribution >= 4 is 34.7 Å². The molecule has 126 valence electrons. The van der Waals surface area contributed by atoms with E-state index in [0.717, 1.165) is 14.9 Å². The third-order valence-corrected chi connectivity index (χ3v) is 3.89. The third kappa shape index (κ3) is 5.18. The van der Waals surface area contributed by atoms with Gasteiger partial charge in [0.05, 0.1) is 6.21 Å². The Hall–Kier alpha value is -2.61. The highest BCUT2D eigenvalue weighted by Gasteiger charge is 2.03. The summed E-state index contributed by atoms with van der Waals surface area (Å²) in [5.41, 5.74) is 4.62. The standard InChI is InChI=1S/C19H15IN2O3/c20-18-11-10-17(25-18)12-21-22-19(23)13-24-16-8-6-15(7-9-16)14-4-2-1-3-5-14/h1-12H,13H2,(H,22,23). The van der Waals surface area contributed by atoms with Gasteiger partial charge in [0.25, 0.3) is 5.91 Å². The van der Waals surface area contributed by atoms with E-state index in [2.05, 4.69) is 33.1 Å². The van der Waals surface area contributed by atoms with Gasteiger partial charge in [-0.1, -0.05) is 42.5 Å². The SMILES string of the molecule is O=C(COc1ccc(-c2ccccc2)cc1)NN=Cc1ccc(I)o1. The summed E-state index contributed by atoms with van der Waals surface area (Å²) < 4.78 is 11.5. The Bertz CT molecular complexity index is 858. The molecule has 5 nitrogen and oxygen atoms in total. The molecule has 0 saturated heterocycles. The van der Waals surface area contributed by atoms with Crippen molar-refractivity contribution in [3.63, 3.8) is 0 Å². The summed E-state index contributed by atoms with van der Waals surface area (Å²) in [5, 5.41) is 3.82. The van der Waals surface area contributed by atoms with Gasteiger partial charge in [0.15, 0.2) is 10.4 Å². The zero-order chi connectivity index (χ0) is 17.5. The lowest BCUT2D eigenvalue weighted by atomic mass is 10.1. The zero-order valence-corrected chi connectivity index (χ0v) is 15.3. The molecular weight excluding hydrogens is 431 g/mol. The number of carbonyl (C=O) groups excluding carboxylic acids is 1. The van der Waals surface area contributed by atoms with Crippen LogP contribution in [0.3, 0.4) is 0 Å². The fraction of sp³-hybridized carbons (Fsp3) is 0.0526. The number of nitrogens with zero attached hydrogens (tertiary/aromatic N) is 1. The van der Waals surface area contributed by atoms with Crippen LogP contribution in [-0.2, 0) is 4.79 Å². The van der Waals surface area contributed by atoms with Crippen LogP contribution < -0.4 is 10.2 Å². The smallest absolute Gasteiger partial charge is 0.277 e. The van der Waals surface area contributed by atoms with Crippen molar-refractivity contribution < 1.29 is 13.9 Å². The molecule has 0 saturated carbocycles. The average molecular weight is 446 g/mol. The van der Waals surface area contributed by atoms with Gasteiger partial charge in [-0.25, -0.2) is 5.43 Å². The maximum absolute atomic E-state index is 11.7. The van der Waals surface area contributed by atoms with E-state index >= 15 is 0 Å². The summed E-state index contributed by atoms with van der Waals surface area (Å²) in [4.78, 5) is 11.7. The van der Waals surface area contributed by atoms with Crippen LogP contribution in [0.1, 0.15) is 5.76 Å². The lowest BCUT2D eigenvalue weighted by Gasteiger charge is -2.06. The quantitative estimate of drug-likeness (QED) is 0.353. The molecule has 0 aliphatic rings. The van der Waals surface area contributed by atoms with Crippen molar-refractivity contribution in [2.24, 2.45) is 5.10 Å². The van der Waals surface area contributed by atoms with E-state index in [-0.39, 0.29) is 12.5 Å². The summed E-state index contributed by atoms with van der Waals surface area (Å²) in [5.74, 6) is 0.853. The van der Waals surface area contributed by atoms with Gasteiger partial charge in [-0.05, 0) is 58.0 Å². The van der Waals surface area contributed by atoms with Crippen molar-refractivity contribution in [1.29, 1.82) is 0 Å². The molecule has 0 aliphatic carbocycles. The van der Waals surface area contributed by atoms with Gasteiger partial charge >= 0.3 is 0 Å². The minimum Gasteiger partial charge on any atom is -0.484 e. The highest BCUT2D eigenvalue weighted by molar-refractivity contribution is 14.1. The second-order valence-corrected chi connectivity index (χ2v) is 6.18. The van der Waals surface area contributed by atoms with Gasteiger partial charge in [-0.2, -0.15) is 5.10 Å². The first-order valence-corrected chi connectivity index (χ1v) is 8.64. The van der Waals surface area contributed by atoms with E-state index in [1.807, 2.05) is 60.7 Å². The average Bonchev–Trinajstić information content (AvgIpc) is 3.06. The second kappa shape index (κ2) is 8.48. The topological polar surface area (TPSA) is 63.8 Å². The van der Waals surface area contributed by atoms with Crippen molar-refractivity contribution in [2.45, 2.75) is 0 Å². The zero-order valence-electron chi connectivity index (χ0n) is 13.2.